The van der Waals surface area contributed by atoms with E-state index in [0.717, 1.165) is 24.8 Å². The van der Waals surface area contributed by atoms with Crippen LogP contribution in [0.3, 0.4) is 0 Å². The molecule has 0 radical (unpaired) electrons. The molecule has 0 bridgehead atoms. The molecule has 1 aliphatic carbocycles. The van der Waals surface area contributed by atoms with Crippen molar-refractivity contribution in [3.63, 3.8) is 0 Å². The number of rotatable bonds is 6. The summed E-state index contributed by atoms with van der Waals surface area (Å²) < 4.78 is 8.70. The molecular formula is C13H18N2O2S2. The van der Waals surface area contributed by atoms with Gasteiger partial charge in [-0.25, -0.2) is 4.98 Å². The van der Waals surface area contributed by atoms with Gasteiger partial charge < -0.3 is 4.74 Å². The van der Waals surface area contributed by atoms with E-state index in [9.17, 15) is 4.79 Å². The minimum absolute atomic E-state index is 0.209. The van der Waals surface area contributed by atoms with E-state index in [1.54, 1.807) is 6.20 Å². The van der Waals surface area contributed by atoms with Crippen LogP contribution in [-0.2, 0) is 11.2 Å². The molecule has 104 valence electrons. The lowest BCUT2D eigenvalue weighted by atomic mass is 9.90. The van der Waals surface area contributed by atoms with Gasteiger partial charge in [0.1, 0.15) is 6.10 Å². The number of hydrogen-bond donors (Lipinski definition) is 2. The van der Waals surface area contributed by atoms with Crippen molar-refractivity contribution in [2.75, 3.05) is 6.26 Å². The highest BCUT2D eigenvalue weighted by atomic mass is 32.2. The SMILES string of the molecule is CSC(=O)CCc1ccnc(OC2CC(NS)C2)c1. The second kappa shape index (κ2) is 7.17. The number of aromatic nitrogens is 1. The molecule has 2 rings (SSSR count). The van der Waals surface area contributed by atoms with Gasteiger partial charge in [0.2, 0.25) is 5.88 Å². The lowest BCUT2D eigenvalue weighted by Gasteiger charge is -2.34. The first-order chi connectivity index (χ1) is 9.21. The summed E-state index contributed by atoms with van der Waals surface area (Å²) in [5, 5.41) is 0.209. The fourth-order valence-corrected chi connectivity index (χ4v) is 2.47. The lowest BCUT2D eigenvalue weighted by Crippen LogP contribution is -2.43. The molecular weight excluding hydrogens is 280 g/mol. The van der Waals surface area contributed by atoms with Gasteiger partial charge >= 0.3 is 0 Å². The van der Waals surface area contributed by atoms with Crippen LogP contribution in [-0.4, -0.2) is 28.5 Å². The molecule has 0 spiro atoms. The normalized spacial score (nSPS) is 21.8. The molecule has 0 atom stereocenters. The largest absolute Gasteiger partial charge is 0.474 e. The van der Waals surface area contributed by atoms with Gasteiger partial charge in [-0.15, -0.1) is 0 Å². The predicted molar refractivity (Wildman–Crippen MR) is 80.6 cm³/mol. The molecule has 6 heteroatoms. The third-order valence-corrected chi connectivity index (χ3v) is 4.23. The Morgan fingerprint density at radius 2 is 2.42 bits per heavy atom. The second-order valence-electron chi connectivity index (χ2n) is 4.62. The van der Waals surface area contributed by atoms with Gasteiger partial charge in [-0.3, -0.25) is 9.52 Å². The number of thioether (sulfide) groups is 1. The molecule has 19 heavy (non-hydrogen) atoms. The molecule has 1 aromatic rings. The third kappa shape index (κ3) is 4.40. The van der Waals surface area contributed by atoms with Gasteiger partial charge in [-0.05, 0) is 24.3 Å². The maximum atomic E-state index is 11.3. The molecule has 1 aromatic heterocycles. The summed E-state index contributed by atoms with van der Waals surface area (Å²) in [6, 6.07) is 4.30. The van der Waals surface area contributed by atoms with Gasteiger partial charge in [-0.2, -0.15) is 0 Å². The number of carbonyl (C=O) groups is 1. The van der Waals surface area contributed by atoms with Gasteiger partial charge in [0, 0.05) is 37.6 Å². The smallest absolute Gasteiger partial charge is 0.213 e. The van der Waals surface area contributed by atoms with Gasteiger partial charge in [0.05, 0.1) is 0 Å². The van der Waals surface area contributed by atoms with Gasteiger partial charge in [0.25, 0.3) is 0 Å². The van der Waals surface area contributed by atoms with E-state index >= 15 is 0 Å². The Hall–Kier alpha value is -0.720. The Bertz CT molecular complexity index is 436. The Morgan fingerprint density at radius 3 is 3.11 bits per heavy atom. The Kier molecular flexibility index (Phi) is 5.54. The molecule has 1 aliphatic rings. The van der Waals surface area contributed by atoms with Crippen molar-refractivity contribution in [3.05, 3.63) is 23.9 Å². The van der Waals surface area contributed by atoms with Crippen LogP contribution in [0.4, 0.5) is 0 Å². The standard InChI is InChI=1S/C13H18N2O2S2/c1-19-13(16)3-2-9-4-5-14-12(6-9)17-11-7-10(8-11)15-18/h4-6,10-11,15,18H,2-3,7-8H2,1H3. The van der Waals surface area contributed by atoms with Crippen LogP contribution >= 0.6 is 24.6 Å². The number of ether oxygens (including phenoxy) is 1. The Labute approximate surface area is 123 Å². The molecule has 0 aromatic carbocycles. The second-order valence-corrected chi connectivity index (χ2v) is 5.74. The summed E-state index contributed by atoms with van der Waals surface area (Å²) in [4.78, 5) is 15.5. The molecule has 0 aliphatic heterocycles. The van der Waals surface area contributed by atoms with E-state index in [2.05, 4.69) is 22.5 Å². The molecule has 4 nitrogen and oxygen atoms in total. The minimum atomic E-state index is 0.209. The van der Waals surface area contributed by atoms with E-state index in [0.29, 0.717) is 18.3 Å². The number of carbonyl (C=O) groups excluding carboxylic acids is 1. The first-order valence-corrected chi connectivity index (χ1v) is 7.96. The first kappa shape index (κ1) is 14.7. The van der Waals surface area contributed by atoms with Crippen LogP contribution in [0, 0.1) is 0 Å². The first-order valence-electron chi connectivity index (χ1n) is 6.29. The van der Waals surface area contributed by atoms with E-state index in [-0.39, 0.29) is 11.2 Å². The maximum absolute atomic E-state index is 11.3. The summed E-state index contributed by atoms with van der Waals surface area (Å²) in [7, 11) is 0. The number of nitrogens with zero attached hydrogens (tertiary/aromatic N) is 1. The molecule has 0 saturated heterocycles. The van der Waals surface area contributed by atoms with Crippen molar-refractivity contribution < 1.29 is 9.53 Å². The molecule has 1 saturated carbocycles. The molecule has 0 amide bonds. The fourth-order valence-electron chi connectivity index (χ4n) is 1.96. The van der Waals surface area contributed by atoms with Gasteiger partial charge in [0.15, 0.2) is 5.12 Å². The lowest BCUT2D eigenvalue weighted by molar-refractivity contribution is -0.110. The maximum Gasteiger partial charge on any atom is 0.213 e. The van der Waals surface area contributed by atoms with E-state index in [1.807, 2.05) is 18.4 Å². The quantitative estimate of drug-likeness (QED) is 0.789. The van der Waals surface area contributed by atoms with E-state index in [4.69, 9.17) is 4.74 Å². The summed E-state index contributed by atoms with van der Waals surface area (Å²) >= 11 is 5.31. The average Bonchev–Trinajstić information content (AvgIpc) is 2.40. The highest BCUT2D eigenvalue weighted by Crippen LogP contribution is 2.25. The van der Waals surface area contributed by atoms with Crippen LogP contribution < -0.4 is 9.46 Å². The summed E-state index contributed by atoms with van der Waals surface area (Å²) in [6.45, 7) is 0. The molecule has 1 fully saturated rings. The van der Waals surface area contributed by atoms with Crippen molar-refractivity contribution in [1.29, 1.82) is 0 Å². The van der Waals surface area contributed by atoms with E-state index in [1.165, 1.54) is 11.8 Å². The van der Waals surface area contributed by atoms with Gasteiger partial charge in [-0.1, -0.05) is 24.6 Å². The number of nitrogens with one attached hydrogen (secondary N) is 1. The predicted octanol–water partition coefficient (Wildman–Crippen LogP) is 2.25. The fraction of sp³-hybridized carbons (Fsp3) is 0.538. The van der Waals surface area contributed by atoms with Crippen molar-refractivity contribution >= 4 is 29.7 Å². The molecule has 1 heterocycles. The van der Waals surface area contributed by atoms with Crippen molar-refractivity contribution in [1.82, 2.24) is 9.71 Å². The average molecular weight is 298 g/mol. The molecule has 1 N–H and O–H groups in total. The minimum Gasteiger partial charge on any atom is -0.474 e. The highest BCUT2D eigenvalue weighted by molar-refractivity contribution is 8.13. The van der Waals surface area contributed by atoms with Crippen LogP contribution in [0.5, 0.6) is 5.88 Å². The number of hydrogen-bond acceptors (Lipinski definition) is 6. The zero-order valence-corrected chi connectivity index (χ0v) is 12.5. The Morgan fingerprint density at radius 1 is 1.63 bits per heavy atom. The molecule has 0 unspecified atom stereocenters. The monoisotopic (exact) mass is 298 g/mol. The van der Waals surface area contributed by atoms with Crippen molar-refractivity contribution in [2.24, 2.45) is 0 Å². The highest BCUT2D eigenvalue weighted by Gasteiger charge is 2.30. The summed E-state index contributed by atoms with van der Waals surface area (Å²) in [5.74, 6) is 0.650. The van der Waals surface area contributed by atoms with Crippen LogP contribution in [0.1, 0.15) is 24.8 Å². The Balaban J connectivity index is 1.83. The van der Waals surface area contributed by atoms with Crippen LogP contribution in [0.15, 0.2) is 18.3 Å². The zero-order chi connectivity index (χ0) is 13.7. The van der Waals surface area contributed by atoms with Crippen LogP contribution in [0.25, 0.3) is 0 Å². The topological polar surface area (TPSA) is 51.2 Å². The summed E-state index contributed by atoms with van der Waals surface area (Å²) in [6.07, 6.45) is 6.98. The third-order valence-electron chi connectivity index (χ3n) is 3.21. The number of thiol groups is 1. The van der Waals surface area contributed by atoms with Crippen molar-refractivity contribution in [3.8, 4) is 5.88 Å². The number of aryl methyl sites for hydroxylation is 1. The van der Waals surface area contributed by atoms with E-state index < -0.39 is 0 Å². The zero-order valence-electron chi connectivity index (χ0n) is 10.8. The van der Waals surface area contributed by atoms with Crippen molar-refractivity contribution in [2.45, 2.75) is 37.8 Å². The van der Waals surface area contributed by atoms with Crippen LogP contribution in [0.2, 0.25) is 0 Å². The summed E-state index contributed by atoms with van der Waals surface area (Å²) in [5.41, 5.74) is 1.09. The number of pyridine rings is 1.